The van der Waals surface area contributed by atoms with E-state index in [1.807, 2.05) is 48.0 Å². The van der Waals surface area contributed by atoms with Crippen LogP contribution in [0.1, 0.15) is 37.8 Å². The van der Waals surface area contributed by atoms with Crippen LogP contribution in [-0.2, 0) is 0 Å². The molecule has 0 aliphatic carbocycles. The minimum absolute atomic E-state index is 0.0764. The van der Waals surface area contributed by atoms with Crippen molar-refractivity contribution in [3.8, 4) is 5.75 Å². The molecule has 0 radical (unpaired) electrons. The lowest BCUT2D eigenvalue weighted by molar-refractivity contribution is 0.229. The largest absolute Gasteiger partial charge is 0.491 e. The minimum atomic E-state index is -0.350. The summed E-state index contributed by atoms with van der Waals surface area (Å²) in [6.45, 7) is 4.54. The van der Waals surface area contributed by atoms with Crippen LogP contribution in [0.3, 0.4) is 0 Å². The van der Waals surface area contributed by atoms with Crippen LogP contribution in [0.15, 0.2) is 57.7 Å². The van der Waals surface area contributed by atoms with E-state index in [0.717, 1.165) is 41.2 Å². The van der Waals surface area contributed by atoms with Gasteiger partial charge in [0.2, 0.25) is 0 Å². The average molecular weight is 377 g/mol. The van der Waals surface area contributed by atoms with Crippen LogP contribution < -0.4 is 10.4 Å². The number of aromatic nitrogens is 3. The van der Waals surface area contributed by atoms with Crippen molar-refractivity contribution in [1.82, 2.24) is 15.0 Å². The number of ether oxygens (including phenoxy) is 1. The predicted octanol–water partition coefficient (Wildman–Crippen LogP) is 4.66. The fraction of sp³-hybridized carbons (Fsp3) is 0.318. The summed E-state index contributed by atoms with van der Waals surface area (Å²) in [5, 5.41) is 9.55. The monoisotopic (exact) mass is 377 g/mol. The number of benzene rings is 2. The van der Waals surface area contributed by atoms with Crippen molar-refractivity contribution in [3.63, 3.8) is 0 Å². The molecule has 2 aromatic heterocycles. The molecule has 28 heavy (non-hydrogen) atoms. The molecular formula is C22H23N3O3. The third kappa shape index (κ3) is 3.63. The zero-order valence-electron chi connectivity index (χ0n) is 16.1. The van der Waals surface area contributed by atoms with Gasteiger partial charge in [0.25, 0.3) is 0 Å². The highest BCUT2D eigenvalue weighted by molar-refractivity contribution is 5.81. The van der Waals surface area contributed by atoms with Crippen molar-refractivity contribution in [2.75, 3.05) is 6.61 Å². The number of fused-ring (bicyclic) bond motifs is 2. The van der Waals surface area contributed by atoms with E-state index < -0.39 is 0 Å². The smallest absolute Gasteiger partial charge is 0.336 e. The normalized spacial score (nSPS) is 12.5. The predicted molar refractivity (Wildman–Crippen MR) is 109 cm³/mol. The number of aryl methyl sites for hydroxylation is 1. The lowest BCUT2D eigenvalue weighted by Gasteiger charge is -2.18. The van der Waals surface area contributed by atoms with Crippen LogP contribution in [0.25, 0.3) is 22.0 Å². The lowest BCUT2D eigenvalue weighted by Crippen LogP contribution is -2.19. The van der Waals surface area contributed by atoms with E-state index in [1.165, 1.54) is 6.07 Å². The Morgan fingerprint density at radius 2 is 2.04 bits per heavy atom. The summed E-state index contributed by atoms with van der Waals surface area (Å²) in [5.74, 6) is 0.673. The van der Waals surface area contributed by atoms with Crippen LogP contribution >= 0.6 is 0 Å². The second kappa shape index (κ2) is 7.84. The third-order valence-electron chi connectivity index (χ3n) is 4.98. The maximum atomic E-state index is 11.7. The Bertz CT molecular complexity index is 1160. The maximum absolute atomic E-state index is 11.7. The number of hydrogen-bond donors (Lipinski definition) is 0. The Hall–Kier alpha value is -3.15. The number of hydrogen-bond acceptors (Lipinski definition) is 5. The zero-order chi connectivity index (χ0) is 19.5. The number of rotatable bonds is 7. The van der Waals surface area contributed by atoms with E-state index in [-0.39, 0.29) is 11.7 Å². The van der Waals surface area contributed by atoms with Gasteiger partial charge >= 0.3 is 5.63 Å². The fourth-order valence-corrected chi connectivity index (χ4v) is 3.46. The highest BCUT2D eigenvalue weighted by Gasteiger charge is 2.16. The van der Waals surface area contributed by atoms with E-state index in [1.54, 1.807) is 6.07 Å². The Kier molecular flexibility index (Phi) is 5.10. The van der Waals surface area contributed by atoms with Crippen LogP contribution in [0, 0.1) is 6.92 Å². The summed E-state index contributed by atoms with van der Waals surface area (Å²) < 4.78 is 13.4. The van der Waals surface area contributed by atoms with Gasteiger partial charge in [-0.25, -0.2) is 9.48 Å². The molecule has 0 spiro atoms. The molecule has 6 heteroatoms. The Labute approximate surface area is 162 Å². The van der Waals surface area contributed by atoms with E-state index in [4.69, 9.17) is 9.15 Å². The molecule has 4 rings (SSSR count). The molecule has 1 atom stereocenters. The van der Waals surface area contributed by atoms with Crippen molar-refractivity contribution in [1.29, 1.82) is 0 Å². The molecule has 0 bridgehead atoms. The molecule has 0 fully saturated rings. The first-order chi connectivity index (χ1) is 13.7. The number of nitrogens with zero attached hydrogens (tertiary/aromatic N) is 3. The molecule has 1 unspecified atom stereocenters. The summed E-state index contributed by atoms with van der Waals surface area (Å²) in [7, 11) is 0. The van der Waals surface area contributed by atoms with Gasteiger partial charge in [-0.15, -0.1) is 5.10 Å². The molecule has 0 aliphatic rings. The molecule has 0 amide bonds. The molecule has 0 N–H and O–H groups in total. The standard InChI is InChI=1S/C22H23N3O3/c1-3-4-7-16(25-20-9-6-5-8-19(20)23-24-25)14-27-17-10-11-18-15(2)12-22(26)28-21(18)13-17/h5-6,8-13,16H,3-4,7,14H2,1-2H3. The highest BCUT2D eigenvalue weighted by atomic mass is 16.5. The molecule has 0 saturated carbocycles. The first-order valence-corrected chi connectivity index (χ1v) is 9.63. The van der Waals surface area contributed by atoms with Gasteiger partial charge < -0.3 is 9.15 Å². The molecule has 6 nitrogen and oxygen atoms in total. The lowest BCUT2D eigenvalue weighted by atomic mass is 10.1. The number of para-hydroxylation sites is 1. The fourth-order valence-electron chi connectivity index (χ4n) is 3.46. The van der Waals surface area contributed by atoms with Gasteiger partial charge in [0.15, 0.2) is 0 Å². The first-order valence-electron chi connectivity index (χ1n) is 9.63. The minimum Gasteiger partial charge on any atom is -0.491 e. The van der Waals surface area contributed by atoms with Crippen LogP contribution in [0.4, 0.5) is 0 Å². The van der Waals surface area contributed by atoms with E-state index in [0.29, 0.717) is 17.9 Å². The van der Waals surface area contributed by atoms with Gasteiger partial charge in [0.1, 0.15) is 23.5 Å². The quantitative estimate of drug-likeness (QED) is 0.438. The van der Waals surface area contributed by atoms with Crippen LogP contribution in [0.5, 0.6) is 5.75 Å². The van der Waals surface area contributed by atoms with Gasteiger partial charge in [-0.3, -0.25) is 0 Å². The third-order valence-corrected chi connectivity index (χ3v) is 4.98. The van der Waals surface area contributed by atoms with Gasteiger partial charge in [0.05, 0.1) is 11.6 Å². The molecule has 0 saturated heterocycles. The summed E-state index contributed by atoms with van der Waals surface area (Å²) in [5.41, 5.74) is 2.97. The summed E-state index contributed by atoms with van der Waals surface area (Å²) in [4.78, 5) is 11.7. The molecular weight excluding hydrogens is 354 g/mol. The van der Waals surface area contributed by atoms with Gasteiger partial charge in [-0.2, -0.15) is 0 Å². The van der Waals surface area contributed by atoms with E-state index in [9.17, 15) is 4.79 Å². The van der Waals surface area contributed by atoms with Gasteiger partial charge in [-0.05, 0) is 43.2 Å². The Balaban J connectivity index is 1.59. The summed E-state index contributed by atoms with van der Waals surface area (Å²) in [6.07, 6.45) is 3.13. The Morgan fingerprint density at radius 1 is 1.18 bits per heavy atom. The second-order valence-corrected chi connectivity index (χ2v) is 7.04. The van der Waals surface area contributed by atoms with Crippen molar-refractivity contribution >= 4 is 22.0 Å². The van der Waals surface area contributed by atoms with Crippen molar-refractivity contribution < 1.29 is 9.15 Å². The van der Waals surface area contributed by atoms with Gasteiger partial charge in [-0.1, -0.05) is 37.1 Å². The second-order valence-electron chi connectivity index (χ2n) is 7.04. The molecule has 2 heterocycles. The molecule has 2 aromatic carbocycles. The summed E-state index contributed by atoms with van der Waals surface area (Å²) in [6, 6.07) is 15.1. The molecule has 0 aliphatic heterocycles. The van der Waals surface area contributed by atoms with Crippen LogP contribution in [0.2, 0.25) is 0 Å². The van der Waals surface area contributed by atoms with E-state index in [2.05, 4.69) is 17.2 Å². The summed E-state index contributed by atoms with van der Waals surface area (Å²) >= 11 is 0. The van der Waals surface area contributed by atoms with E-state index >= 15 is 0 Å². The van der Waals surface area contributed by atoms with Gasteiger partial charge in [0, 0.05) is 17.5 Å². The Morgan fingerprint density at radius 3 is 2.89 bits per heavy atom. The zero-order valence-corrected chi connectivity index (χ0v) is 16.1. The highest BCUT2D eigenvalue weighted by Crippen LogP contribution is 2.25. The molecule has 4 aromatic rings. The van der Waals surface area contributed by atoms with Crippen molar-refractivity contribution in [3.05, 3.63) is 64.5 Å². The SMILES string of the molecule is CCCCC(COc1ccc2c(C)cc(=O)oc2c1)n1nnc2ccccc21. The average Bonchev–Trinajstić information content (AvgIpc) is 3.12. The maximum Gasteiger partial charge on any atom is 0.336 e. The first kappa shape index (κ1) is 18.2. The number of unbranched alkanes of at least 4 members (excludes halogenated alkanes) is 1. The van der Waals surface area contributed by atoms with Crippen LogP contribution in [-0.4, -0.2) is 21.6 Å². The van der Waals surface area contributed by atoms with Crippen molar-refractivity contribution in [2.45, 2.75) is 39.2 Å². The molecule has 144 valence electrons. The van der Waals surface area contributed by atoms with Crippen molar-refractivity contribution in [2.24, 2.45) is 0 Å². The topological polar surface area (TPSA) is 70.2 Å².